The Balaban J connectivity index is 1.67. The molecule has 0 aliphatic rings. The standard InChI is InChI=1S/C29H27N3/c1-22-7-11-26(12-8-22)32(27-13-9-23(2)10-14-27)28-17-15-25(16-18-28)31(3)29-6-4-5-24(21-29)19-20-30/h4-18,21H,19H2,1-3H3. The maximum atomic E-state index is 9.00. The maximum Gasteiger partial charge on any atom is 0.0669 e. The van der Waals surface area contributed by atoms with Gasteiger partial charge in [-0.3, -0.25) is 0 Å². The minimum atomic E-state index is 0.419. The lowest BCUT2D eigenvalue weighted by Gasteiger charge is -2.27. The van der Waals surface area contributed by atoms with Gasteiger partial charge in [0.05, 0.1) is 12.5 Å². The zero-order chi connectivity index (χ0) is 22.5. The Kier molecular flexibility index (Phi) is 6.24. The highest BCUT2D eigenvalue weighted by Gasteiger charge is 2.13. The van der Waals surface area contributed by atoms with E-state index in [1.54, 1.807) is 0 Å². The number of rotatable bonds is 6. The molecule has 3 nitrogen and oxygen atoms in total. The van der Waals surface area contributed by atoms with Crippen molar-refractivity contribution in [2.75, 3.05) is 16.8 Å². The quantitative estimate of drug-likeness (QED) is 0.323. The van der Waals surface area contributed by atoms with Crippen molar-refractivity contribution < 1.29 is 0 Å². The van der Waals surface area contributed by atoms with Crippen molar-refractivity contribution in [1.82, 2.24) is 0 Å². The van der Waals surface area contributed by atoms with Crippen molar-refractivity contribution in [3.8, 4) is 6.07 Å². The van der Waals surface area contributed by atoms with Crippen molar-refractivity contribution in [2.24, 2.45) is 0 Å². The minimum Gasteiger partial charge on any atom is -0.345 e. The zero-order valence-electron chi connectivity index (χ0n) is 18.8. The summed E-state index contributed by atoms with van der Waals surface area (Å²) in [6.07, 6.45) is 0.419. The van der Waals surface area contributed by atoms with Crippen LogP contribution in [0.15, 0.2) is 97.1 Å². The fourth-order valence-electron chi connectivity index (χ4n) is 3.78. The summed E-state index contributed by atoms with van der Waals surface area (Å²) < 4.78 is 0. The Bertz CT molecular complexity index is 1170. The van der Waals surface area contributed by atoms with E-state index in [1.807, 2.05) is 12.1 Å². The first-order valence-corrected chi connectivity index (χ1v) is 10.8. The van der Waals surface area contributed by atoms with Crippen LogP contribution in [0.25, 0.3) is 0 Å². The van der Waals surface area contributed by atoms with Gasteiger partial charge in [-0.25, -0.2) is 0 Å². The molecule has 0 heterocycles. The number of hydrogen-bond acceptors (Lipinski definition) is 3. The molecule has 3 heteroatoms. The van der Waals surface area contributed by atoms with Crippen molar-refractivity contribution in [1.29, 1.82) is 5.26 Å². The van der Waals surface area contributed by atoms with Gasteiger partial charge in [0.25, 0.3) is 0 Å². The average molecular weight is 418 g/mol. The van der Waals surface area contributed by atoms with Crippen LogP contribution in [-0.4, -0.2) is 7.05 Å². The molecule has 0 N–H and O–H groups in total. The van der Waals surface area contributed by atoms with E-state index in [9.17, 15) is 0 Å². The lowest BCUT2D eigenvalue weighted by atomic mass is 10.1. The normalized spacial score (nSPS) is 10.4. The monoisotopic (exact) mass is 417 g/mol. The summed E-state index contributed by atoms with van der Waals surface area (Å²) in [5, 5.41) is 9.00. The lowest BCUT2D eigenvalue weighted by Crippen LogP contribution is -2.12. The van der Waals surface area contributed by atoms with Crippen LogP contribution in [0, 0.1) is 25.2 Å². The third kappa shape index (κ3) is 4.66. The van der Waals surface area contributed by atoms with Crippen LogP contribution in [0.5, 0.6) is 0 Å². The molecule has 0 aromatic heterocycles. The first-order valence-electron chi connectivity index (χ1n) is 10.8. The highest BCUT2D eigenvalue weighted by Crippen LogP contribution is 2.36. The predicted molar refractivity (Wildman–Crippen MR) is 134 cm³/mol. The molecule has 0 aliphatic heterocycles. The van der Waals surface area contributed by atoms with Crippen molar-refractivity contribution in [2.45, 2.75) is 20.3 Å². The topological polar surface area (TPSA) is 30.3 Å². The average Bonchev–Trinajstić information content (AvgIpc) is 2.82. The molecular formula is C29H27N3. The Morgan fingerprint density at radius 3 is 1.59 bits per heavy atom. The van der Waals surface area contributed by atoms with Crippen LogP contribution in [-0.2, 0) is 6.42 Å². The number of hydrogen-bond donors (Lipinski definition) is 0. The number of aryl methyl sites for hydroxylation is 2. The molecule has 0 fully saturated rings. The predicted octanol–water partition coefficient (Wildman–Crippen LogP) is 7.61. The summed E-state index contributed by atoms with van der Waals surface area (Å²) in [6.45, 7) is 4.21. The highest BCUT2D eigenvalue weighted by molar-refractivity contribution is 5.78. The molecule has 32 heavy (non-hydrogen) atoms. The third-order valence-electron chi connectivity index (χ3n) is 5.66. The Labute approximate surface area is 190 Å². The van der Waals surface area contributed by atoms with E-state index in [2.05, 4.69) is 122 Å². The lowest BCUT2D eigenvalue weighted by molar-refractivity contribution is 1.18. The first kappa shape index (κ1) is 21.2. The summed E-state index contributed by atoms with van der Waals surface area (Å²) in [4.78, 5) is 4.42. The Hall–Kier alpha value is -4.03. The van der Waals surface area contributed by atoms with E-state index in [1.165, 1.54) is 11.1 Å². The van der Waals surface area contributed by atoms with E-state index in [4.69, 9.17) is 5.26 Å². The summed E-state index contributed by atoms with van der Waals surface area (Å²) in [5.74, 6) is 0. The molecule has 4 rings (SSSR count). The molecule has 158 valence electrons. The van der Waals surface area contributed by atoms with Gasteiger partial charge < -0.3 is 9.80 Å². The second-order valence-electron chi connectivity index (χ2n) is 8.09. The maximum absolute atomic E-state index is 9.00. The van der Waals surface area contributed by atoms with Gasteiger partial charge in [-0.05, 0) is 80.1 Å². The van der Waals surface area contributed by atoms with Crippen LogP contribution < -0.4 is 9.80 Å². The second kappa shape index (κ2) is 9.41. The summed E-state index contributed by atoms with van der Waals surface area (Å²) >= 11 is 0. The van der Waals surface area contributed by atoms with Gasteiger partial charge >= 0.3 is 0 Å². The van der Waals surface area contributed by atoms with Gasteiger partial charge in [0.1, 0.15) is 0 Å². The van der Waals surface area contributed by atoms with Crippen molar-refractivity contribution >= 4 is 28.4 Å². The number of benzene rings is 4. The van der Waals surface area contributed by atoms with E-state index in [0.29, 0.717) is 6.42 Å². The molecule has 4 aromatic rings. The van der Waals surface area contributed by atoms with Crippen LogP contribution in [0.3, 0.4) is 0 Å². The third-order valence-corrected chi connectivity index (χ3v) is 5.66. The first-order chi connectivity index (χ1) is 15.5. The zero-order valence-corrected chi connectivity index (χ0v) is 18.8. The number of anilines is 5. The molecule has 0 unspecified atom stereocenters. The Morgan fingerprint density at radius 1 is 0.625 bits per heavy atom. The van der Waals surface area contributed by atoms with E-state index >= 15 is 0 Å². The van der Waals surface area contributed by atoms with E-state index in [-0.39, 0.29) is 0 Å². The minimum absolute atomic E-state index is 0.419. The van der Waals surface area contributed by atoms with Crippen LogP contribution in [0.1, 0.15) is 16.7 Å². The van der Waals surface area contributed by atoms with Crippen LogP contribution in [0.2, 0.25) is 0 Å². The van der Waals surface area contributed by atoms with Crippen molar-refractivity contribution in [3.05, 3.63) is 114 Å². The van der Waals surface area contributed by atoms with Gasteiger partial charge in [0.2, 0.25) is 0 Å². The van der Waals surface area contributed by atoms with Gasteiger partial charge in [-0.2, -0.15) is 5.26 Å². The Morgan fingerprint density at radius 2 is 1.09 bits per heavy atom. The molecule has 0 saturated heterocycles. The molecular weight excluding hydrogens is 390 g/mol. The highest BCUT2D eigenvalue weighted by atomic mass is 15.1. The molecule has 0 bridgehead atoms. The van der Waals surface area contributed by atoms with E-state index in [0.717, 1.165) is 34.0 Å². The SMILES string of the molecule is Cc1ccc(N(c2ccc(C)cc2)c2ccc(N(C)c3cccc(CC#N)c3)cc2)cc1. The summed E-state index contributed by atoms with van der Waals surface area (Å²) in [6, 6.07) is 36.2. The van der Waals surface area contributed by atoms with Gasteiger partial charge in [-0.1, -0.05) is 47.5 Å². The van der Waals surface area contributed by atoms with Gasteiger partial charge in [0, 0.05) is 35.5 Å². The number of nitriles is 1. The number of nitrogens with zero attached hydrogens (tertiary/aromatic N) is 3. The molecule has 4 aromatic carbocycles. The fraction of sp³-hybridized carbons (Fsp3) is 0.138. The molecule has 0 saturated carbocycles. The molecule has 0 aliphatic carbocycles. The summed E-state index contributed by atoms with van der Waals surface area (Å²) in [7, 11) is 2.05. The molecule has 0 amide bonds. The molecule has 0 radical (unpaired) electrons. The molecule has 0 atom stereocenters. The van der Waals surface area contributed by atoms with E-state index < -0.39 is 0 Å². The second-order valence-corrected chi connectivity index (χ2v) is 8.09. The van der Waals surface area contributed by atoms with Gasteiger partial charge in [0.15, 0.2) is 0 Å². The fourth-order valence-corrected chi connectivity index (χ4v) is 3.78. The van der Waals surface area contributed by atoms with Crippen LogP contribution >= 0.6 is 0 Å². The summed E-state index contributed by atoms with van der Waals surface area (Å²) in [5.41, 5.74) is 9.04. The van der Waals surface area contributed by atoms with Crippen molar-refractivity contribution in [3.63, 3.8) is 0 Å². The largest absolute Gasteiger partial charge is 0.345 e. The molecule has 0 spiro atoms. The smallest absolute Gasteiger partial charge is 0.0669 e. The van der Waals surface area contributed by atoms with Crippen LogP contribution in [0.4, 0.5) is 28.4 Å². The van der Waals surface area contributed by atoms with Gasteiger partial charge in [-0.15, -0.1) is 0 Å².